The van der Waals surface area contributed by atoms with Crippen molar-refractivity contribution in [2.75, 3.05) is 0 Å². The summed E-state index contributed by atoms with van der Waals surface area (Å²) in [6.45, 7) is 0. The lowest BCUT2D eigenvalue weighted by Gasteiger charge is -2.58. The van der Waals surface area contributed by atoms with Gasteiger partial charge in [0.2, 0.25) is 5.88 Å². The zero-order valence-electron chi connectivity index (χ0n) is 18.9. The highest BCUT2D eigenvalue weighted by molar-refractivity contribution is 6.04. The van der Waals surface area contributed by atoms with E-state index in [9.17, 15) is 14.4 Å². The Morgan fingerprint density at radius 3 is 2.52 bits per heavy atom. The zero-order valence-corrected chi connectivity index (χ0v) is 18.9. The molecule has 2 bridgehead atoms. The van der Waals surface area contributed by atoms with E-state index >= 15 is 0 Å². The molecule has 4 amide bonds. The minimum absolute atomic E-state index is 0.0147. The van der Waals surface area contributed by atoms with E-state index in [1.165, 1.54) is 43.4 Å². The standard InChI is InChI=1S/C25H32N4O4/c26-20(30)18-2-1-9-27-21(18)33-17-12-25(13-17)10-16(11-25)29-22(31)19(28-23(29)32)14-24-6-3-15(4-7-24)5-8-24/h1-2,9,15-17,19H,3-8,10-14H2,(H2,26,30)(H,28,32)/t15?,16?,17?,19-,24?,25?/m1/s1. The van der Waals surface area contributed by atoms with Crippen LogP contribution in [0, 0.1) is 16.7 Å². The van der Waals surface area contributed by atoms with Crippen molar-refractivity contribution >= 4 is 17.8 Å². The molecule has 7 rings (SSSR count). The number of primary amides is 1. The van der Waals surface area contributed by atoms with Gasteiger partial charge in [-0.05, 0) is 99.5 Å². The molecule has 3 N–H and O–H groups in total. The summed E-state index contributed by atoms with van der Waals surface area (Å²) in [7, 11) is 0. The first-order chi connectivity index (χ1) is 15.9. The quantitative estimate of drug-likeness (QED) is 0.644. The predicted molar refractivity (Wildman–Crippen MR) is 119 cm³/mol. The number of rotatable bonds is 6. The average molecular weight is 453 g/mol. The molecule has 8 nitrogen and oxygen atoms in total. The van der Waals surface area contributed by atoms with Crippen molar-refractivity contribution in [2.24, 2.45) is 22.5 Å². The summed E-state index contributed by atoms with van der Waals surface area (Å²) < 4.78 is 5.93. The van der Waals surface area contributed by atoms with Gasteiger partial charge in [0.15, 0.2) is 0 Å². The number of imide groups is 1. The van der Waals surface area contributed by atoms with Gasteiger partial charge < -0.3 is 15.8 Å². The maximum absolute atomic E-state index is 13.2. The molecule has 1 aromatic rings. The van der Waals surface area contributed by atoms with Crippen LogP contribution in [0.4, 0.5) is 4.79 Å². The van der Waals surface area contributed by atoms with E-state index in [0.29, 0.717) is 5.56 Å². The Hall–Kier alpha value is -2.64. The van der Waals surface area contributed by atoms with Crippen LogP contribution in [0.15, 0.2) is 18.3 Å². The number of hydrogen-bond acceptors (Lipinski definition) is 5. The first-order valence-electron chi connectivity index (χ1n) is 12.4. The van der Waals surface area contributed by atoms with Crippen LogP contribution in [-0.4, -0.2) is 45.9 Å². The van der Waals surface area contributed by atoms with Crippen LogP contribution >= 0.6 is 0 Å². The van der Waals surface area contributed by atoms with Gasteiger partial charge >= 0.3 is 6.03 Å². The fraction of sp³-hybridized carbons (Fsp3) is 0.680. The van der Waals surface area contributed by atoms with E-state index in [4.69, 9.17) is 10.5 Å². The molecule has 33 heavy (non-hydrogen) atoms. The second kappa shape index (κ2) is 7.43. The van der Waals surface area contributed by atoms with Gasteiger partial charge in [-0.15, -0.1) is 0 Å². The van der Waals surface area contributed by atoms with Gasteiger partial charge in [0.25, 0.3) is 11.8 Å². The Kier molecular flexibility index (Phi) is 4.72. The number of carbonyl (C=O) groups excluding carboxylic acids is 3. The van der Waals surface area contributed by atoms with Gasteiger partial charge in [-0.1, -0.05) is 0 Å². The normalized spacial score (nSPS) is 39.2. The summed E-state index contributed by atoms with van der Waals surface area (Å²) in [6.07, 6.45) is 13.2. The largest absolute Gasteiger partial charge is 0.474 e. The highest BCUT2D eigenvalue weighted by Gasteiger charge is 2.59. The molecular formula is C25H32N4O4. The number of carbonyl (C=O) groups is 3. The number of nitrogens with one attached hydrogen (secondary N) is 1. The molecule has 1 spiro atoms. The molecule has 5 saturated carbocycles. The molecular weight excluding hydrogens is 420 g/mol. The molecule has 0 radical (unpaired) electrons. The van der Waals surface area contributed by atoms with Crippen molar-refractivity contribution in [3.63, 3.8) is 0 Å². The molecule has 5 aliphatic carbocycles. The Labute approximate surface area is 193 Å². The Bertz CT molecular complexity index is 974. The highest BCUT2D eigenvalue weighted by atomic mass is 16.5. The van der Waals surface area contributed by atoms with Crippen molar-refractivity contribution in [3.05, 3.63) is 23.9 Å². The minimum atomic E-state index is -0.551. The third-order valence-electron chi connectivity index (χ3n) is 9.28. The topological polar surface area (TPSA) is 115 Å². The summed E-state index contributed by atoms with van der Waals surface area (Å²) in [4.78, 5) is 43.1. The van der Waals surface area contributed by atoms with Crippen LogP contribution in [0.2, 0.25) is 0 Å². The first kappa shape index (κ1) is 20.9. The molecule has 1 saturated heterocycles. The number of ether oxygens (including phenoxy) is 1. The summed E-state index contributed by atoms with van der Waals surface area (Å²) in [5, 5.41) is 3.01. The number of fused-ring (bicyclic) bond motifs is 3. The zero-order chi connectivity index (χ0) is 22.8. The summed E-state index contributed by atoms with van der Waals surface area (Å²) in [5.74, 6) is 0.603. The number of urea groups is 1. The van der Waals surface area contributed by atoms with Crippen molar-refractivity contribution in [2.45, 2.75) is 88.8 Å². The Balaban J connectivity index is 1.03. The highest BCUT2D eigenvalue weighted by Crippen LogP contribution is 2.59. The van der Waals surface area contributed by atoms with E-state index in [1.807, 2.05) is 0 Å². The molecule has 8 heteroatoms. The number of hydrogen-bond donors (Lipinski definition) is 2. The Morgan fingerprint density at radius 2 is 1.85 bits per heavy atom. The molecule has 6 fully saturated rings. The smallest absolute Gasteiger partial charge is 0.325 e. The molecule has 1 atom stereocenters. The van der Waals surface area contributed by atoms with E-state index < -0.39 is 5.91 Å². The predicted octanol–water partition coefficient (Wildman–Crippen LogP) is 3.15. The average Bonchev–Trinajstić information content (AvgIpc) is 3.02. The lowest BCUT2D eigenvalue weighted by atomic mass is 9.52. The summed E-state index contributed by atoms with van der Waals surface area (Å²) in [5.41, 5.74) is 6.08. The maximum Gasteiger partial charge on any atom is 0.325 e. The second-order valence-corrected chi connectivity index (χ2v) is 11.3. The van der Waals surface area contributed by atoms with Gasteiger partial charge in [-0.2, -0.15) is 0 Å². The van der Waals surface area contributed by atoms with E-state index in [-0.39, 0.29) is 46.8 Å². The first-order valence-corrected chi connectivity index (χ1v) is 12.4. The third-order valence-corrected chi connectivity index (χ3v) is 9.28. The van der Waals surface area contributed by atoms with Crippen molar-refractivity contribution in [1.29, 1.82) is 0 Å². The summed E-state index contributed by atoms with van der Waals surface area (Å²) >= 11 is 0. The number of nitrogens with zero attached hydrogens (tertiary/aromatic N) is 2. The van der Waals surface area contributed by atoms with Crippen LogP contribution in [0.3, 0.4) is 0 Å². The number of amides is 4. The lowest BCUT2D eigenvalue weighted by Crippen LogP contribution is -2.60. The van der Waals surface area contributed by atoms with Crippen molar-refractivity contribution in [1.82, 2.24) is 15.2 Å². The molecule has 1 aromatic heterocycles. The fourth-order valence-electron chi connectivity index (χ4n) is 7.39. The number of pyridine rings is 1. The fourth-order valence-corrected chi connectivity index (χ4v) is 7.39. The molecule has 176 valence electrons. The third kappa shape index (κ3) is 3.49. The van der Waals surface area contributed by atoms with Gasteiger partial charge in [0.05, 0.1) is 0 Å². The molecule has 0 unspecified atom stereocenters. The van der Waals surface area contributed by atoms with E-state index in [1.54, 1.807) is 18.3 Å². The van der Waals surface area contributed by atoms with Gasteiger partial charge in [-0.25, -0.2) is 9.78 Å². The lowest BCUT2D eigenvalue weighted by molar-refractivity contribution is -0.141. The molecule has 1 aliphatic heterocycles. The van der Waals surface area contributed by atoms with Crippen LogP contribution < -0.4 is 15.8 Å². The van der Waals surface area contributed by atoms with E-state index in [2.05, 4.69) is 10.3 Å². The van der Waals surface area contributed by atoms with Crippen molar-refractivity contribution in [3.8, 4) is 5.88 Å². The molecule has 2 heterocycles. The van der Waals surface area contributed by atoms with Crippen LogP contribution in [0.25, 0.3) is 0 Å². The molecule has 0 aromatic carbocycles. The van der Waals surface area contributed by atoms with E-state index in [0.717, 1.165) is 38.0 Å². The van der Waals surface area contributed by atoms with Crippen LogP contribution in [-0.2, 0) is 4.79 Å². The summed E-state index contributed by atoms with van der Waals surface area (Å²) in [6, 6.07) is 2.70. The second-order valence-electron chi connectivity index (χ2n) is 11.3. The number of aromatic nitrogens is 1. The van der Waals surface area contributed by atoms with Gasteiger partial charge in [-0.3, -0.25) is 14.5 Å². The maximum atomic E-state index is 13.2. The number of nitrogens with two attached hydrogens (primary N) is 1. The SMILES string of the molecule is NC(=O)c1cccnc1OC1CC2(C1)CC(N1C(=O)N[C@H](CC34CCC(CC3)CC4)C1=O)C2. The van der Waals surface area contributed by atoms with Crippen LogP contribution in [0.1, 0.15) is 81.0 Å². The Morgan fingerprint density at radius 1 is 1.15 bits per heavy atom. The van der Waals surface area contributed by atoms with Gasteiger partial charge in [0.1, 0.15) is 17.7 Å². The van der Waals surface area contributed by atoms with Crippen molar-refractivity contribution < 1.29 is 19.1 Å². The minimum Gasteiger partial charge on any atom is -0.474 e. The monoisotopic (exact) mass is 452 g/mol. The van der Waals surface area contributed by atoms with Gasteiger partial charge in [0, 0.05) is 12.2 Å². The molecule has 6 aliphatic rings. The van der Waals surface area contributed by atoms with Crippen LogP contribution in [0.5, 0.6) is 5.88 Å².